The molecule has 0 spiro atoms. The van der Waals surface area contributed by atoms with Crippen LogP contribution in [-0.2, 0) is 0 Å². The van der Waals surface area contributed by atoms with Gasteiger partial charge in [-0.3, -0.25) is 0 Å². The van der Waals surface area contributed by atoms with Crippen LogP contribution in [-0.4, -0.2) is 23.7 Å². The Labute approximate surface area is 122 Å². The van der Waals surface area contributed by atoms with Crippen molar-refractivity contribution in [2.75, 3.05) is 11.4 Å². The Morgan fingerprint density at radius 2 is 1.85 bits per heavy atom. The summed E-state index contributed by atoms with van der Waals surface area (Å²) in [4.78, 5) is 13.8. The Hall–Kier alpha value is -1.51. The Kier molecular flexibility index (Phi) is 6.05. The summed E-state index contributed by atoms with van der Waals surface area (Å²) >= 11 is 0. The molecule has 0 saturated heterocycles. The van der Waals surface area contributed by atoms with Crippen molar-refractivity contribution in [2.45, 2.75) is 53.5 Å². The van der Waals surface area contributed by atoms with Gasteiger partial charge in [-0.2, -0.15) is 0 Å². The summed E-state index contributed by atoms with van der Waals surface area (Å²) in [5.74, 6) is -0.350. The Morgan fingerprint density at radius 1 is 1.25 bits per heavy atom. The number of aromatic carboxylic acids is 1. The average Bonchev–Trinajstić information content (AvgIpc) is 2.38. The number of carboxylic acid groups (broad SMARTS) is 1. The highest BCUT2D eigenvalue weighted by molar-refractivity contribution is 5.94. The van der Waals surface area contributed by atoms with Gasteiger partial charge in [0.05, 0.1) is 11.3 Å². The molecule has 3 heteroatoms. The second-order valence-corrected chi connectivity index (χ2v) is 5.84. The molecular weight excluding hydrogens is 250 g/mol. The minimum atomic E-state index is -0.847. The maximum Gasteiger partial charge on any atom is 0.337 e. The average molecular weight is 277 g/mol. The highest BCUT2D eigenvalue weighted by atomic mass is 16.4. The maximum absolute atomic E-state index is 11.5. The number of anilines is 1. The van der Waals surface area contributed by atoms with E-state index in [4.69, 9.17) is 0 Å². The van der Waals surface area contributed by atoms with Crippen molar-refractivity contribution in [3.05, 3.63) is 29.3 Å². The lowest BCUT2D eigenvalue weighted by atomic mass is 10.0. The third kappa shape index (κ3) is 3.99. The van der Waals surface area contributed by atoms with Gasteiger partial charge in [0.2, 0.25) is 0 Å². The van der Waals surface area contributed by atoms with E-state index in [9.17, 15) is 9.90 Å². The molecule has 0 aliphatic heterocycles. The van der Waals surface area contributed by atoms with Crippen molar-refractivity contribution in [1.82, 2.24) is 0 Å². The quantitative estimate of drug-likeness (QED) is 0.805. The number of hydrogen-bond acceptors (Lipinski definition) is 2. The first-order chi connectivity index (χ1) is 9.40. The Morgan fingerprint density at radius 3 is 2.30 bits per heavy atom. The molecule has 0 fully saturated rings. The first-order valence-corrected chi connectivity index (χ1v) is 7.51. The van der Waals surface area contributed by atoms with Gasteiger partial charge in [0, 0.05) is 12.6 Å². The molecule has 0 aliphatic rings. The molecule has 1 aromatic carbocycles. The molecule has 0 amide bonds. The second kappa shape index (κ2) is 7.32. The van der Waals surface area contributed by atoms with Crippen LogP contribution in [0.2, 0.25) is 0 Å². The molecule has 0 heterocycles. The molecule has 20 heavy (non-hydrogen) atoms. The number of benzene rings is 1. The standard InChI is InChI=1S/C17H27NO2/c1-6-14(7-2)18(11-12(3)4)16-10-13(5)8-9-15(16)17(19)20/h8-10,12,14H,6-7,11H2,1-5H3,(H,19,20). The van der Waals surface area contributed by atoms with Gasteiger partial charge in [-0.1, -0.05) is 33.8 Å². The molecule has 0 atom stereocenters. The van der Waals surface area contributed by atoms with Crippen molar-refractivity contribution < 1.29 is 9.90 Å². The van der Waals surface area contributed by atoms with E-state index in [0.717, 1.165) is 30.6 Å². The zero-order chi connectivity index (χ0) is 15.3. The van der Waals surface area contributed by atoms with E-state index in [1.165, 1.54) is 0 Å². The number of nitrogens with zero attached hydrogens (tertiary/aromatic N) is 1. The number of rotatable bonds is 7. The summed E-state index contributed by atoms with van der Waals surface area (Å²) in [6.45, 7) is 11.6. The smallest absolute Gasteiger partial charge is 0.337 e. The van der Waals surface area contributed by atoms with Crippen LogP contribution >= 0.6 is 0 Å². The lowest BCUT2D eigenvalue weighted by Gasteiger charge is -2.35. The molecule has 112 valence electrons. The van der Waals surface area contributed by atoms with E-state index in [-0.39, 0.29) is 0 Å². The predicted octanol–water partition coefficient (Wildman–Crippen LogP) is 4.34. The third-order valence-corrected chi connectivity index (χ3v) is 3.64. The van der Waals surface area contributed by atoms with Gasteiger partial charge in [0.1, 0.15) is 0 Å². The largest absolute Gasteiger partial charge is 0.478 e. The summed E-state index contributed by atoms with van der Waals surface area (Å²) in [5, 5.41) is 9.44. The minimum absolute atomic E-state index is 0.386. The van der Waals surface area contributed by atoms with E-state index >= 15 is 0 Å². The zero-order valence-electron chi connectivity index (χ0n) is 13.3. The van der Waals surface area contributed by atoms with Crippen molar-refractivity contribution in [2.24, 2.45) is 5.92 Å². The van der Waals surface area contributed by atoms with Crippen LogP contribution in [0, 0.1) is 12.8 Å². The van der Waals surface area contributed by atoms with Crippen LogP contribution in [0.25, 0.3) is 0 Å². The summed E-state index contributed by atoms with van der Waals surface area (Å²) < 4.78 is 0. The number of hydrogen-bond donors (Lipinski definition) is 1. The van der Waals surface area contributed by atoms with Crippen LogP contribution in [0.15, 0.2) is 18.2 Å². The third-order valence-electron chi connectivity index (χ3n) is 3.64. The molecule has 1 rings (SSSR count). The van der Waals surface area contributed by atoms with Gasteiger partial charge in [-0.25, -0.2) is 4.79 Å². The van der Waals surface area contributed by atoms with Crippen molar-refractivity contribution in [1.29, 1.82) is 0 Å². The van der Waals surface area contributed by atoms with E-state index in [1.807, 2.05) is 19.1 Å². The molecule has 0 bridgehead atoms. The number of aryl methyl sites for hydroxylation is 1. The number of carbonyl (C=O) groups is 1. The van der Waals surface area contributed by atoms with Gasteiger partial charge < -0.3 is 10.0 Å². The van der Waals surface area contributed by atoms with Gasteiger partial charge >= 0.3 is 5.97 Å². The van der Waals surface area contributed by atoms with Crippen molar-refractivity contribution in [3.63, 3.8) is 0 Å². The van der Waals surface area contributed by atoms with Crippen LogP contribution in [0.4, 0.5) is 5.69 Å². The van der Waals surface area contributed by atoms with Crippen molar-refractivity contribution >= 4 is 11.7 Å². The fourth-order valence-electron chi connectivity index (χ4n) is 2.63. The minimum Gasteiger partial charge on any atom is -0.478 e. The zero-order valence-corrected chi connectivity index (χ0v) is 13.3. The van der Waals surface area contributed by atoms with Gasteiger partial charge in [-0.15, -0.1) is 0 Å². The maximum atomic E-state index is 11.5. The summed E-state index contributed by atoms with van der Waals surface area (Å²) in [7, 11) is 0. The summed E-state index contributed by atoms with van der Waals surface area (Å²) in [5.41, 5.74) is 2.37. The topological polar surface area (TPSA) is 40.5 Å². The predicted molar refractivity (Wildman–Crippen MR) is 84.7 cm³/mol. The van der Waals surface area contributed by atoms with Gasteiger partial charge in [0.15, 0.2) is 0 Å². The highest BCUT2D eigenvalue weighted by Crippen LogP contribution is 2.27. The molecule has 1 aromatic rings. The van der Waals surface area contributed by atoms with E-state index in [2.05, 4.69) is 32.6 Å². The van der Waals surface area contributed by atoms with Gasteiger partial charge in [0.25, 0.3) is 0 Å². The first-order valence-electron chi connectivity index (χ1n) is 7.51. The van der Waals surface area contributed by atoms with Crippen LogP contribution in [0.1, 0.15) is 56.5 Å². The lowest BCUT2D eigenvalue weighted by Crippen LogP contribution is -2.38. The fourth-order valence-corrected chi connectivity index (χ4v) is 2.63. The van der Waals surface area contributed by atoms with Gasteiger partial charge in [-0.05, 0) is 43.4 Å². The monoisotopic (exact) mass is 277 g/mol. The molecule has 0 unspecified atom stereocenters. The fraction of sp³-hybridized carbons (Fsp3) is 0.588. The molecular formula is C17H27NO2. The molecule has 0 radical (unpaired) electrons. The van der Waals surface area contributed by atoms with Crippen LogP contribution < -0.4 is 4.90 Å². The van der Waals surface area contributed by atoms with E-state index in [1.54, 1.807) is 6.07 Å². The Balaban J connectivity index is 3.31. The normalized spacial score (nSPS) is 11.2. The second-order valence-electron chi connectivity index (χ2n) is 5.84. The Bertz CT molecular complexity index is 450. The molecule has 1 N–H and O–H groups in total. The number of carboxylic acids is 1. The lowest BCUT2D eigenvalue weighted by molar-refractivity contribution is 0.0697. The van der Waals surface area contributed by atoms with Crippen molar-refractivity contribution in [3.8, 4) is 0 Å². The van der Waals surface area contributed by atoms with Crippen LogP contribution in [0.3, 0.4) is 0 Å². The van der Waals surface area contributed by atoms with E-state index in [0.29, 0.717) is 17.5 Å². The van der Waals surface area contributed by atoms with E-state index < -0.39 is 5.97 Å². The molecule has 3 nitrogen and oxygen atoms in total. The SMILES string of the molecule is CCC(CC)N(CC(C)C)c1cc(C)ccc1C(=O)O. The summed E-state index contributed by atoms with van der Waals surface area (Å²) in [6, 6.07) is 5.98. The summed E-state index contributed by atoms with van der Waals surface area (Å²) in [6.07, 6.45) is 2.05. The molecule has 0 saturated carbocycles. The molecule has 0 aliphatic carbocycles. The van der Waals surface area contributed by atoms with Crippen LogP contribution in [0.5, 0.6) is 0 Å². The molecule has 0 aromatic heterocycles. The first kappa shape index (κ1) is 16.5. The highest BCUT2D eigenvalue weighted by Gasteiger charge is 2.22.